The van der Waals surface area contributed by atoms with Crippen LogP contribution in [0.15, 0.2) is 48.7 Å². The van der Waals surface area contributed by atoms with Crippen LogP contribution in [-0.4, -0.2) is 22.3 Å². The molecule has 0 saturated heterocycles. The van der Waals surface area contributed by atoms with Crippen molar-refractivity contribution in [3.05, 3.63) is 64.9 Å². The Bertz CT molecular complexity index is 557. The molecule has 1 aromatic carbocycles. The van der Waals surface area contributed by atoms with Gasteiger partial charge in [-0.3, -0.25) is 4.79 Å². The fraction of sp³-hybridized carbons (Fsp3) is 0.200. The predicted molar refractivity (Wildman–Crippen MR) is 76.1 cm³/mol. The van der Waals surface area contributed by atoms with Gasteiger partial charge in [-0.05, 0) is 24.6 Å². The van der Waals surface area contributed by atoms with E-state index in [9.17, 15) is 4.79 Å². The van der Waals surface area contributed by atoms with Crippen LogP contribution in [0.4, 0.5) is 0 Å². The Kier molecular flexibility index (Phi) is 4.53. The first-order valence-corrected chi connectivity index (χ1v) is 6.54. The van der Waals surface area contributed by atoms with Crippen molar-refractivity contribution < 1.29 is 4.79 Å². The summed E-state index contributed by atoms with van der Waals surface area (Å²) < 4.78 is 0. The second-order valence-electron chi connectivity index (χ2n) is 4.15. The summed E-state index contributed by atoms with van der Waals surface area (Å²) in [7, 11) is 0. The number of hydrogen-bond acceptors (Lipinski definition) is 2. The van der Waals surface area contributed by atoms with Gasteiger partial charge >= 0.3 is 0 Å². The Morgan fingerprint density at radius 1 is 1.21 bits per heavy atom. The maximum atomic E-state index is 12.4. The van der Waals surface area contributed by atoms with Crippen molar-refractivity contribution in [2.24, 2.45) is 0 Å². The molecule has 1 heterocycles. The largest absolute Gasteiger partial charge is 0.335 e. The zero-order valence-electron chi connectivity index (χ0n) is 10.7. The molecule has 3 nitrogen and oxygen atoms in total. The van der Waals surface area contributed by atoms with Gasteiger partial charge in [-0.2, -0.15) is 0 Å². The number of nitrogens with zero attached hydrogens (tertiary/aromatic N) is 2. The van der Waals surface area contributed by atoms with E-state index >= 15 is 0 Å². The molecule has 98 valence electrons. The number of rotatable bonds is 4. The molecule has 1 amide bonds. The molecule has 2 rings (SSSR count). The van der Waals surface area contributed by atoms with Gasteiger partial charge < -0.3 is 4.90 Å². The minimum absolute atomic E-state index is 0.0931. The predicted octanol–water partition coefficient (Wildman–Crippen LogP) is 3.40. The monoisotopic (exact) mass is 274 g/mol. The molecular weight excluding hydrogens is 260 g/mol. The second kappa shape index (κ2) is 6.34. The van der Waals surface area contributed by atoms with E-state index in [2.05, 4.69) is 4.98 Å². The molecule has 0 atom stereocenters. The van der Waals surface area contributed by atoms with Gasteiger partial charge in [0.05, 0.1) is 5.56 Å². The number of amides is 1. The van der Waals surface area contributed by atoms with Crippen LogP contribution in [0.5, 0.6) is 0 Å². The summed E-state index contributed by atoms with van der Waals surface area (Å²) in [6, 6.07) is 13.3. The molecule has 0 fully saturated rings. The van der Waals surface area contributed by atoms with Crippen molar-refractivity contribution in [1.29, 1.82) is 0 Å². The van der Waals surface area contributed by atoms with E-state index in [0.29, 0.717) is 18.7 Å². The molecule has 0 N–H and O–H groups in total. The molecule has 19 heavy (non-hydrogen) atoms. The summed E-state index contributed by atoms with van der Waals surface area (Å²) in [5.74, 6) is -0.0931. The van der Waals surface area contributed by atoms with Crippen molar-refractivity contribution >= 4 is 17.5 Å². The van der Waals surface area contributed by atoms with Crippen LogP contribution in [0.25, 0.3) is 0 Å². The van der Waals surface area contributed by atoms with Gasteiger partial charge in [-0.15, -0.1) is 0 Å². The number of carbonyl (C=O) groups is 1. The summed E-state index contributed by atoms with van der Waals surface area (Å²) in [6.45, 7) is 3.14. The van der Waals surface area contributed by atoms with Gasteiger partial charge in [0.1, 0.15) is 5.15 Å². The standard InChI is InChI=1S/C15H15ClN2O/c1-2-18(11-12-7-4-3-5-8-12)15(19)13-9-6-10-17-14(13)16/h3-10H,2,11H2,1H3. The first kappa shape index (κ1) is 13.6. The zero-order chi connectivity index (χ0) is 13.7. The van der Waals surface area contributed by atoms with E-state index in [4.69, 9.17) is 11.6 Å². The highest BCUT2D eigenvalue weighted by Gasteiger charge is 2.17. The average molecular weight is 275 g/mol. The SMILES string of the molecule is CCN(Cc1ccccc1)C(=O)c1cccnc1Cl. The Balaban J connectivity index is 2.18. The smallest absolute Gasteiger partial charge is 0.257 e. The van der Waals surface area contributed by atoms with E-state index < -0.39 is 0 Å². The maximum absolute atomic E-state index is 12.4. The Morgan fingerprint density at radius 2 is 1.95 bits per heavy atom. The zero-order valence-corrected chi connectivity index (χ0v) is 11.5. The van der Waals surface area contributed by atoms with E-state index in [1.54, 1.807) is 23.2 Å². The third-order valence-electron chi connectivity index (χ3n) is 2.87. The van der Waals surface area contributed by atoms with Crippen molar-refractivity contribution in [3.8, 4) is 0 Å². The van der Waals surface area contributed by atoms with E-state index in [0.717, 1.165) is 5.56 Å². The fourth-order valence-electron chi connectivity index (χ4n) is 1.85. The molecule has 4 heteroatoms. The van der Waals surface area contributed by atoms with Crippen LogP contribution in [0.2, 0.25) is 5.15 Å². The molecule has 0 saturated carbocycles. The Hall–Kier alpha value is -1.87. The molecule has 0 aliphatic rings. The van der Waals surface area contributed by atoms with Crippen LogP contribution in [0.3, 0.4) is 0 Å². The van der Waals surface area contributed by atoms with Gasteiger partial charge in [-0.25, -0.2) is 4.98 Å². The van der Waals surface area contributed by atoms with Crippen molar-refractivity contribution in [2.75, 3.05) is 6.54 Å². The number of hydrogen-bond donors (Lipinski definition) is 0. The summed E-state index contributed by atoms with van der Waals surface area (Å²) in [5, 5.41) is 0.249. The van der Waals surface area contributed by atoms with Crippen molar-refractivity contribution in [3.63, 3.8) is 0 Å². The van der Waals surface area contributed by atoms with Crippen LogP contribution in [0, 0.1) is 0 Å². The van der Waals surface area contributed by atoms with E-state index in [1.165, 1.54) is 0 Å². The average Bonchev–Trinajstić information content (AvgIpc) is 2.46. The number of benzene rings is 1. The lowest BCUT2D eigenvalue weighted by atomic mass is 10.2. The molecule has 0 bridgehead atoms. The second-order valence-corrected chi connectivity index (χ2v) is 4.50. The van der Waals surface area contributed by atoms with Crippen molar-refractivity contribution in [1.82, 2.24) is 9.88 Å². The Labute approximate surface area is 117 Å². The molecule has 2 aromatic rings. The molecular formula is C15H15ClN2O. The van der Waals surface area contributed by atoms with Crippen LogP contribution < -0.4 is 0 Å². The van der Waals surface area contributed by atoms with Gasteiger partial charge in [-0.1, -0.05) is 41.9 Å². The van der Waals surface area contributed by atoms with E-state index in [-0.39, 0.29) is 11.1 Å². The first-order valence-electron chi connectivity index (χ1n) is 6.16. The third-order valence-corrected chi connectivity index (χ3v) is 3.18. The van der Waals surface area contributed by atoms with Crippen LogP contribution >= 0.6 is 11.6 Å². The normalized spacial score (nSPS) is 10.2. The van der Waals surface area contributed by atoms with Gasteiger partial charge in [0, 0.05) is 19.3 Å². The minimum atomic E-state index is -0.0931. The van der Waals surface area contributed by atoms with Crippen LogP contribution in [0.1, 0.15) is 22.8 Å². The van der Waals surface area contributed by atoms with E-state index in [1.807, 2.05) is 37.3 Å². The first-order chi connectivity index (χ1) is 9.22. The van der Waals surface area contributed by atoms with Crippen LogP contribution in [-0.2, 0) is 6.54 Å². The molecule has 1 aromatic heterocycles. The summed E-state index contributed by atoms with van der Waals surface area (Å²) in [5.41, 5.74) is 1.54. The number of carbonyl (C=O) groups excluding carboxylic acids is 1. The topological polar surface area (TPSA) is 33.2 Å². The molecule has 0 aliphatic heterocycles. The summed E-state index contributed by atoms with van der Waals surface area (Å²) >= 11 is 5.96. The van der Waals surface area contributed by atoms with Gasteiger partial charge in [0.25, 0.3) is 5.91 Å². The molecule has 0 aliphatic carbocycles. The maximum Gasteiger partial charge on any atom is 0.257 e. The van der Waals surface area contributed by atoms with Gasteiger partial charge in [0.2, 0.25) is 0 Å². The minimum Gasteiger partial charge on any atom is -0.335 e. The highest BCUT2D eigenvalue weighted by molar-refractivity contribution is 6.32. The third kappa shape index (κ3) is 3.32. The van der Waals surface area contributed by atoms with Gasteiger partial charge in [0.15, 0.2) is 0 Å². The lowest BCUT2D eigenvalue weighted by Gasteiger charge is -2.21. The number of pyridine rings is 1. The molecule has 0 radical (unpaired) electrons. The quantitative estimate of drug-likeness (QED) is 0.801. The molecule has 0 unspecified atom stereocenters. The fourth-order valence-corrected chi connectivity index (χ4v) is 2.05. The highest BCUT2D eigenvalue weighted by atomic mass is 35.5. The lowest BCUT2D eigenvalue weighted by Crippen LogP contribution is -2.30. The highest BCUT2D eigenvalue weighted by Crippen LogP contribution is 2.16. The number of aromatic nitrogens is 1. The van der Waals surface area contributed by atoms with Crippen molar-refractivity contribution in [2.45, 2.75) is 13.5 Å². The summed E-state index contributed by atoms with van der Waals surface area (Å²) in [4.78, 5) is 18.1. The Morgan fingerprint density at radius 3 is 2.58 bits per heavy atom. The molecule has 0 spiro atoms. The number of halogens is 1. The summed E-state index contributed by atoms with van der Waals surface area (Å²) in [6.07, 6.45) is 1.58. The lowest BCUT2D eigenvalue weighted by molar-refractivity contribution is 0.0752.